The standard InChI is InChI=1S/C23H22/c1-17-7-4-10-20(13-17)16-23(21-11-5-8-18(2)14-21)22-12-6-9-19(3)15-22/h4-16H,1-3H3. The van der Waals surface area contributed by atoms with Gasteiger partial charge in [-0.1, -0.05) is 89.5 Å². The average molecular weight is 298 g/mol. The first-order chi connectivity index (χ1) is 11.1. The quantitative estimate of drug-likeness (QED) is 0.505. The first kappa shape index (κ1) is 15.3. The van der Waals surface area contributed by atoms with Crippen molar-refractivity contribution in [3.8, 4) is 0 Å². The Morgan fingerprint density at radius 3 is 1.57 bits per heavy atom. The highest BCUT2D eigenvalue weighted by Crippen LogP contribution is 2.27. The molecule has 3 aromatic rings. The maximum Gasteiger partial charge on any atom is -0.0105 e. The predicted molar refractivity (Wildman–Crippen MR) is 101 cm³/mol. The first-order valence-electron chi connectivity index (χ1n) is 8.04. The van der Waals surface area contributed by atoms with E-state index in [9.17, 15) is 0 Å². The highest BCUT2D eigenvalue weighted by Gasteiger charge is 2.06. The smallest absolute Gasteiger partial charge is 0.0105 e. The summed E-state index contributed by atoms with van der Waals surface area (Å²) in [5.41, 5.74) is 8.88. The van der Waals surface area contributed by atoms with Crippen molar-refractivity contribution in [2.24, 2.45) is 0 Å². The van der Waals surface area contributed by atoms with Gasteiger partial charge in [0.1, 0.15) is 0 Å². The van der Waals surface area contributed by atoms with Crippen molar-refractivity contribution in [2.75, 3.05) is 0 Å². The van der Waals surface area contributed by atoms with E-state index in [1.165, 1.54) is 39.0 Å². The fourth-order valence-corrected chi connectivity index (χ4v) is 2.89. The van der Waals surface area contributed by atoms with Crippen LogP contribution in [0.2, 0.25) is 0 Å². The van der Waals surface area contributed by atoms with Gasteiger partial charge in [0.15, 0.2) is 0 Å². The van der Waals surface area contributed by atoms with E-state index in [2.05, 4.69) is 99.6 Å². The van der Waals surface area contributed by atoms with E-state index in [1.807, 2.05) is 0 Å². The molecule has 0 fully saturated rings. The van der Waals surface area contributed by atoms with Crippen molar-refractivity contribution in [2.45, 2.75) is 20.8 Å². The van der Waals surface area contributed by atoms with Crippen LogP contribution in [0.5, 0.6) is 0 Å². The number of hydrogen-bond donors (Lipinski definition) is 0. The Morgan fingerprint density at radius 1 is 0.609 bits per heavy atom. The molecule has 3 rings (SSSR count). The Labute approximate surface area is 139 Å². The number of rotatable bonds is 3. The molecule has 0 amide bonds. The Kier molecular flexibility index (Phi) is 4.43. The van der Waals surface area contributed by atoms with Gasteiger partial charge in [0.05, 0.1) is 0 Å². The highest BCUT2D eigenvalue weighted by molar-refractivity contribution is 5.91. The van der Waals surface area contributed by atoms with Gasteiger partial charge >= 0.3 is 0 Å². The van der Waals surface area contributed by atoms with Gasteiger partial charge in [-0.3, -0.25) is 0 Å². The van der Waals surface area contributed by atoms with E-state index in [4.69, 9.17) is 0 Å². The lowest BCUT2D eigenvalue weighted by Crippen LogP contribution is -1.90. The Bertz CT molecular complexity index is 806. The topological polar surface area (TPSA) is 0 Å². The summed E-state index contributed by atoms with van der Waals surface area (Å²) in [5, 5.41) is 0. The van der Waals surface area contributed by atoms with Crippen LogP contribution in [0.4, 0.5) is 0 Å². The van der Waals surface area contributed by atoms with Crippen molar-refractivity contribution in [3.63, 3.8) is 0 Å². The summed E-state index contributed by atoms with van der Waals surface area (Å²) in [7, 11) is 0. The second-order valence-corrected chi connectivity index (χ2v) is 6.21. The predicted octanol–water partition coefficient (Wildman–Crippen LogP) is 6.20. The fraction of sp³-hybridized carbons (Fsp3) is 0.130. The van der Waals surface area contributed by atoms with Gasteiger partial charge in [-0.2, -0.15) is 0 Å². The second kappa shape index (κ2) is 6.66. The molecule has 0 spiro atoms. The fourth-order valence-electron chi connectivity index (χ4n) is 2.89. The van der Waals surface area contributed by atoms with Crippen LogP contribution in [0.1, 0.15) is 33.4 Å². The maximum atomic E-state index is 2.29. The number of hydrogen-bond acceptors (Lipinski definition) is 0. The Hall–Kier alpha value is -2.60. The normalized spacial score (nSPS) is 10.4. The summed E-state index contributed by atoms with van der Waals surface area (Å²) < 4.78 is 0. The maximum absolute atomic E-state index is 2.29. The summed E-state index contributed by atoms with van der Waals surface area (Å²) in [4.78, 5) is 0. The molecule has 0 radical (unpaired) electrons. The van der Waals surface area contributed by atoms with E-state index in [1.54, 1.807) is 0 Å². The largest absolute Gasteiger partial charge is 0.0614 e. The second-order valence-electron chi connectivity index (χ2n) is 6.21. The molecular weight excluding hydrogens is 276 g/mol. The van der Waals surface area contributed by atoms with Crippen molar-refractivity contribution in [1.82, 2.24) is 0 Å². The molecule has 0 saturated heterocycles. The summed E-state index contributed by atoms with van der Waals surface area (Å²) in [5.74, 6) is 0. The van der Waals surface area contributed by atoms with Crippen LogP contribution in [0, 0.1) is 20.8 Å². The SMILES string of the molecule is Cc1cccc(C=C(c2cccc(C)c2)c2cccc(C)c2)c1. The highest BCUT2D eigenvalue weighted by atomic mass is 14.1. The molecule has 23 heavy (non-hydrogen) atoms. The molecule has 0 aromatic heterocycles. The summed E-state index contributed by atoms with van der Waals surface area (Å²) in [6.45, 7) is 6.42. The van der Waals surface area contributed by atoms with Crippen LogP contribution >= 0.6 is 0 Å². The molecule has 0 heterocycles. The van der Waals surface area contributed by atoms with Gasteiger partial charge < -0.3 is 0 Å². The van der Waals surface area contributed by atoms with Gasteiger partial charge in [0.2, 0.25) is 0 Å². The molecule has 0 N–H and O–H groups in total. The van der Waals surface area contributed by atoms with Crippen LogP contribution in [0.3, 0.4) is 0 Å². The van der Waals surface area contributed by atoms with Crippen LogP contribution in [-0.2, 0) is 0 Å². The molecule has 0 aliphatic heterocycles. The van der Waals surface area contributed by atoms with Crippen molar-refractivity contribution in [1.29, 1.82) is 0 Å². The minimum atomic E-state index is 1.24. The third kappa shape index (κ3) is 3.78. The molecular formula is C23H22. The van der Waals surface area contributed by atoms with E-state index in [0.29, 0.717) is 0 Å². The molecule has 0 saturated carbocycles. The summed E-state index contributed by atoms with van der Waals surface area (Å²) >= 11 is 0. The number of benzene rings is 3. The van der Waals surface area contributed by atoms with Gasteiger partial charge in [-0.05, 0) is 49.1 Å². The lowest BCUT2D eigenvalue weighted by atomic mass is 9.93. The van der Waals surface area contributed by atoms with Gasteiger partial charge in [-0.15, -0.1) is 0 Å². The first-order valence-corrected chi connectivity index (χ1v) is 8.04. The van der Waals surface area contributed by atoms with Gasteiger partial charge in [0.25, 0.3) is 0 Å². The van der Waals surface area contributed by atoms with E-state index >= 15 is 0 Å². The summed E-state index contributed by atoms with van der Waals surface area (Å²) in [6.07, 6.45) is 2.29. The van der Waals surface area contributed by atoms with Crippen molar-refractivity contribution >= 4 is 11.6 Å². The zero-order valence-corrected chi connectivity index (χ0v) is 14.0. The van der Waals surface area contributed by atoms with Crippen molar-refractivity contribution in [3.05, 3.63) is 106 Å². The van der Waals surface area contributed by atoms with Crippen LogP contribution in [0.15, 0.2) is 72.8 Å². The molecule has 0 unspecified atom stereocenters. The van der Waals surface area contributed by atoms with E-state index in [0.717, 1.165) is 0 Å². The Morgan fingerprint density at radius 2 is 1.09 bits per heavy atom. The zero-order chi connectivity index (χ0) is 16.2. The monoisotopic (exact) mass is 298 g/mol. The minimum Gasteiger partial charge on any atom is -0.0614 e. The van der Waals surface area contributed by atoms with Crippen LogP contribution in [0.25, 0.3) is 11.6 Å². The van der Waals surface area contributed by atoms with E-state index in [-0.39, 0.29) is 0 Å². The van der Waals surface area contributed by atoms with Crippen molar-refractivity contribution < 1.29 is 0 Å². The average Bonchev–Trinajstić information content (AvgIpc) is 2.53. The third-order valence-corrected chi connectivity index (χ3v) is 4.01. The van der Waals surface area contributed by atoms with E-state index < -0.39 is 0 Å². The zero-order valence-electron chi connectivity index (χ0n) is 14.0. The lowest BCUT2D eigenvalue weighted by molar-refractivity contribution is 1.41. The van der Waals surface area contributed by atoms with Gasteiger partial charge in [-0.25, -0.2) is 0 Å². The van der Waals surface area contributed by atoms with Crippen LogP contribution < -0.4 is 0 Å². The molecule has 0 aliphatic carbocycles. The summed E-state index contributed by atoms with van der Waals surface area (Å²) in [6, 6.07) is 26.1. The molecule has 0 nitrogen and oxygen atoms in total. The molecule has 0 atom stereocenters. The Balaban J connectivity index is 2.17. The number of aryl methyl sites for hydroxylation is 3. The lowest BCUT2D eigenvalue weighted by Gasteiger charge is -2.11. The minimum absolute atomic E-state index is 1.24. The molecule has 0 heteroatoms. The molecule has 3 aromatic carbocycles. The molecule has 114 valence electrons. The third-order valence-electron chi connectivity index (χ3n) is 4.01. The molecule has 0 bridgehead atoms. The van der Waals surface area contributed by atoms with Crippen LogP contribution in [-0.4, -0.2) is 0 Å². The van der Waals surface area contributed by atoms with Gasteiger partial charge in [0, 0.05) is 0 Å². The molecule has 0 aliphatic rings.